The van der Waals surface area contributed by atoms with E-state index in [1.807, 2.05) is 36.4 Å². The Morgan fingerprint density at radius 3 is 2.53 bits per heavy atom. The van der Waals surface area contributed by atoms with Gasteiger partial charge in [0.1, 0.15) is 12.4 Å². The Morgan fingerprint density at radius 2 is 1.82 bits per heavy atom. The van der Waals surface area contributed by atoms with Gasteiger partial charge in [-0.05, 0) is 29.3 Å². The molecule has 8 heteroatoms. The van der Waals surface area contributed by atoms with E-state index >= 15 is 0 Å². The van der Waals surface area contributed by atoms with Crippen LogP contribution in [0.25, 0.3) is 5.65 Å². The third-order valence-corrected chi connectivity index (χ3v) is 6.04. The molecule has 1 amide bonds. The summed E-state index contributed by atoms with van der Waals surface area (Å²) in [6.45, 7) is 4.74. The first-order chi connectivity index (χ1) is 16.4. The van der Waals surface area contributed by atoms with Crippen molar-refractivity contribution in [3.63, 3.8) is 0 Å². The van der Waals surface area contributed by atoms with Crippen LogP contribution < -0.4 is 9.64 Å². The Balaban J connectivity index is 1.56. The summed E-state index contributed by atoms with van der Waals surface area (Å²) in [5.74, 6) is -0.291. The molecular formula is C26H25FN4O3. The van der Waals surface area contributed by atoms with Crippen molar-refractivity contribution < 1.29 is 18.7 Å². The summed E-state index contributed by atoms with van der Waals surface area (Å²) in [6, 6.07) is 18.1. The zero-order valence-electron chi connectivity index (χ0n) is 19.3. The van der Waals surface area contributed by atoms with Gasteiger partial charge in [-0.3, -0.25) is 4.90 Å². The number of methoxy groups -OCH3 is 1. The van der Waals surface area contributed by atoms with Crippen LogP contribution in [-0.4, -0.2) is 34.3 Å². The molecule has 0 saturated carbocycles. The van der Waals surface area contributed by atoms with Gasteiger partial charge in [-0.15, -0.1) is 5.10 Å². The van der Waals surface area contributed by atoms with Gasteiger partial charge >= 0.3 is 12.1 Å². The average molecular weight is 461 g/mol. The molecule has 34 heavy (non-hydrogen) atoms. The third kappa shape index (κ3) is 3.96. The van der Waals surface area contributed by atoms with Crippen molar-refractivity contribution in [1.82, 2.24) is 14.6 Å². The second-order valence-corrected chi connectivity index (χ2v) is 9.05. The molecule has 1 aliphatic rings. The zero-order chi connectivity index (χ0) is 23.9. The van der Waals surface area contributed by atoms with Crippen molar-refractivity contribution in [2.45, 2.75) is 32.3 Å². The number of carbonyl (C=O) groups is 1. The molecule has 0 fully saturated rings. The van der Waals surface area contributed by atoms with Gasteiger partial charge in [-0.25, -0.2) is 13.7 Å². The maximum atomic E-state index is 13.4. The number of rotatable bonds is 5. The highest BCUT2D eigenvalue weighted by Gasteiger charge is 2.42. The number of amides is 1. The fourth-order valence-electron chi connectivity index (χ4n) is 4.46. The molecule has 0 spiro atoms. The summed E-state index contributed by atoms with van der Waals surface area (Å²) < 4.78 is 26.1. The van der Waals surface area contributed by atoms with Gasteiger partial charge in [0.2, 0.25) is 0 Å². The molecule has 0 saturated heterocycles. The van der Waals surface area contributed by atoms with E-state index in [1.165, 1.54) is 19.2 Å². The number of halogens is 1. The van der Waals surface area contributed by atoms with E-state index in [-0.39, 0.29) is 18.4 Å². The Morgan fingerprint density at radius 1 is 1.09 bits per heavy atom. The number of hydrogen-bond donors (Lipinski definition) is 0. The summed E-state index contributed by atoms with van der Waals surface area (Å²) in [6.07, 6.45) is 0.0709. The van der Waals surface area contributed by atoms with E-state index in [1.54, 1.807) is 21.5 Å². The van der Waals surface area contributed by atoms with Crippen LogP contribution in [0, 0.1) is 5.82 Å². The molecule has 4 aromatic rings. The minimum atomic E-state index is -0.421. The summed E-state index contributed by atoms with van der Waals surface area (Å²) in [4.78, 5) is 19.4. The third-order valence-electron chi connectivity index (χ3n) is 6.04. The lowest BCUT2D eigenvalue weighted by atomic mass is 9.90. The van der Waals surface area contributed by atoms with Crippen molar-refractivity contribution in [2.24, 2.45) is 0 Å². The molecule has 1 aliphatic heterocycles. The Labute approximate surface area is 196 Å². The summed E-state index contributed by atoms with van der Waals surface area (Å²) >= 11 is 0. The predicted molar refractivity (Wildman–Crippen MR) is 126 cm³/mol. The topological polar surface area (TPSA) is 69.0 Å². The number of hydrogen-bond acceptors (Lipinski definition) is 5. The van der Waals surface area contributed by atoms with Gasteiger partial charge in [0.05, 0.1) is 18.5 Å². The number of anilines is 1. The molecule has 0 aliphatic carbocycles. The van der Waals surface area contributed by atoms with E-state index < -0.39 is 11.5 Å². The molecule has 2 aromatic heterocycles. The molecule has 0 N–H and O–H groups in total. The van der Waals surface area contributed by atoms with Crippen LogP contribution >= 0.6 is 0 Å². The predicted octanol–water partition coefficient (Wildman–Crippen LogP) is 4.90. The van der Waals surface area contributed by atoms with Gasteiger partial charge in [0.25, 0.3) is 0 Å². The number of benzene rings is 2. The molecule has 0 bridgehead atoms. The van der Waals surface area contributed by atoms with Crippen molar-refractivity contribution in [1.29, 1.82) is 0 Å². The minimum Gasteiger partial charge on any atom is -0.466 e. The molecule has 0 unspecified atom stereocenters. The molecule has 5 rings (SSSR count). The van der Waals surface area contributed by atoms with Crippen LogP contribution in [0.15, 0.2) is 60.7 Å². The molecule has 7 nitrogen and oxygen atoms in total. The van der Waals surface area contributed by atoms with Crippen molar-refractivity contribution in [3.8, 4) is 6.01 Å². The number of nitrogens with zero attached hydrogens (tertiary/aromatic N) is 4. The number of pyridine rings is 1. The minimum absolute atomic E-state index is 0.188. The summed E-state index contributed by atoms with van der Waals surface area (Å²) in [5.41, 5.74) is 4.51. The molecule has 2 aromatic carbocycles. The maximum Gasteiger partial charge on any atom is 0.414 e. The summed E-state index contributed by atoms with van der Waals surface area (Å²) in [7, 11) is 1.52. The molecule has 0 radical (unpaired) electrons. The van der Waals surface area contributed by atoms with E-state index in [4.69, 9.17) is 9.47 Å². The zero-order valence-corrected chi connectivity index (χ0v) is 19.3. The summed E-state index contributed by atoms with van der Waals surface area (Å²) in [5, 5.41) is 4.55. The van der Waals surface area contributed by atoms with E-state index in [9.17, 15) is 9.18 Å². The maximum absolute atomic E-state index is 13.4. The highest BCUT2D eigenvalue weighted by molar-refractivity contribution is 5.91. The van der Waals surface area contributed by atoms with Gasteiger partial charge in [0.15, 0.2) is 5.65 Å². The standard InChI is InChI=1S/C26H25FN4O3/c1-26(2)16-30(25(32)34-15-18-7-5-4-6-8-18)21-14-19(13-17-9-11-20(27)12-10-17)23-28-24(33-3)29-31(23)22(21)26/h4-12,14H,13,15-16H2,1-3H3. The number of ether oxygens (including phenoxy) is 2. The smallest absolute Gasteiger partial charge is 0.414 e. The van der Waals surface area contributed by atoms with Gasteiger partial charge in [0, 0.05) is 23.9 Å². The van der Waals surface area contributed by atoms with Crippen LogP contribution in [0.4, 0.5) is 14.9 Å². The highest BCUT2D eigenvalue weighted by Crippen LogP contribution is 2.42. The van der Waals surface area contributed by atoms with E-state index in [2.05, 4.69) is 23.9 Å². The van der Waals surface area contributed by atoms with Crippen LogP contribution in [0.5, 0.6) is 6.01 Å². The van der Waals surface area contributed by atoms with E-state index in [0.29, 0.717) is 18.6 Å². The van der Waals surface area contributed by atoms with Crippen molar-refractivity contribution >= 4 is 17.4 Å². The van der Waals surface area contributed by atoms with E-state index in [0.717, 1.165) is 28.1 Å². The monoisotopic (exact) mass is 460 g/mol. The first-order valence-corrected chi connectivity index (χ1v) is 11.1. The van der Waals surface area contributed by atoms with Gasteiger partial charge < -0.3 is 9.47 Å². The van der Waals surface area contributed by atoms with Gasteiger partial charge in [-0.2, -0.15) is 4.98 Å². The fraction of sp³-hybridized carbons (Fsp3) is 0.269. The molecule has 174 valence electrons. The van der Waals surface area contributed by atoms with Crippen LogP contribution in [0.3, 0.4) is 0 Å². The Hall–Kier alpha value is -3.94. The molecule has 0 atom stereocenters. The average Bonchev–Trinajstić information content (AvgIpc) is 3.38. The Kier molecular flexibility index (Phi) is 5.43. The normalized spacial score (nSPS) is 14.3. The van der Waals surface area contributed by atoms with Crippen molar-refractivity contribution in [3.05, 3.63) is 88.9 Å². The lowest BCUT2D eigenvalue weighted by Gasteiger charge is -2.20. The molecule has 3 heterocycles. The first kappa shape index (κ1) is 21.9. The lowest BCUT2D eigenvalue weighted by Crippen LogP contribution is -2.34. The lowest BCUT2D eigenvalue weighted by molar-refractivity contribution is 0.147. The second kappa shape index (κ2) is 8.44. The quantitative estimate of drug-likeness (QED) is 0.424. The largest absolute Gasteiger partial charge is 0.466 e. The second-order valence-electron chi connectivity index (χ2n) is 9.05. The number of aromatic nitrogens is 3. The van der Waals surface area contributed by atoms with Crippen molar-refractivity contribution in [2.75, 3.05) is 18.6 Å². The number of carbonyl (C=O) groups excluding carboxylic acids is 1. The highest BCUT2D eigenvalue weighted by atomic mass is 19.1. The number of fused-ring (bicyclic) bond motifs is 3. The SMILES string of the molecule is COc1nc2c(Cc3ccc(F)cc3)cc3c(n2n1)C(C)(C)CN3C(=O)OCc1ccccc1. The molecular weight excluding hydrogens is 435 g/mol. The Bertz CT molecular complexity index is 1350. The first-order valence-electron chi connectivity index (χ1n) is 11.1. The van der Waals surface area contributed by atoms with Crippen LogP contribution in [0.2, 0.25) is 0 Å². The van der Waals surface area contributed by atoms with Gasteiger partial charge in [-0.1, -0.05) is 56.3 Å². The fourth-order valence-corrected chi connectivity index (χ4v) is 4.46. The van der Waals surface area contributed by atoms with Crippen LogP contribution in [0.1, 0.15) is 36.2 Å². The van der Waals surface area contributed by atoms with Crippen LogP contribution in [-0.2, 0) is 23.2 Å².